The van der Waals surface area contributed by atoms with Crippen LogP contribution in [0.1, 0.15) is 290 Å². The number of allylic oxidation sites excluding steroid dienone is 19. The molecule has 0 aromatic rings. The fraction of sp³-hybridized carbons (Fsp3) is 0.741. The number of unbranched alkanes of at least 4 members (excludes halogenated alkanes) is 31. The average molecular weight is 1330 g/mol. The Balaban J connectivity index is 1.66. The Bertz CT molecular complexity index is 2060. The molecule has 2 rings (SSSR count). The molecule has 12 unspecified atom stereocenters. The van der Waals surface area contributed by atoms with Gasteiger partial charge in [-0.05, 0) is 103 Å². The Kier molecular flexibility index (Phi) is 58.8. The van der Waals surface area contributed by atoms with Crippen molar-refractivity contribution in [1.29, 1.82) is 0 Å². The molecule has 1 amide bonds. The zero-order valence-corrected chi connectivity index (χ0v) is 59.6. The largest absolute Gasteiger partial charge is 0.394 e. The van der Waals surface area contributed by atoms with Crippen molar-refractivity contribution in [2.75, 3.05) is 19.8 Å². The van der Waals surface area contributed by atoms with Crippen LogP contribution in [-0.2, 0) is 23.7 Å². The molecule has 9 N–H and O–H groups in total. The molecule has 2 fully saturated rings. The molecule has 12 atom stereocenters. The van der Waals surface area contributed by atoms with Crippen LogP contribution in [0.25, 0.3) is 0 Å². The molecule has 0 aromatic heterocycles. The van der Waals surface area contributed by atoms with Crippen molar-refractivity contribution in [3.63, 3.8) is 0 Å². The monoisotopic (exact) mass is 1330 g/mol. The first-order chi connectivity index (χ1) is 46.6. The van der Waals surface area contributed by atoms with Crippen LogP contribution in [-0.4, -0.2) is 140 Å². The van der Waals surface area contributed by atoms with Crippen molar-refractivity contribution < 1.29 is 64.6 Å². The lowest BCUT2D eigenvalue weighted by Gasteiger charge is -2.46. The summed E-state index contributed by atoms with van der Waals surface area (Å²) in [6.45, 7) is 2.68. The molecule has 95 heavy (non-hydrogen) atoms. The highest BCUT2D eigenvalue weighted by Gasteiger charge is 2.51. The molecule has 0 aliphatic carbocycles. The summed E-state index contributed by atoms with van der Waals surface area (Å²) in [5.74, 6) is -0.257. The van der Waals surface area contributed by atoms with E-state index >= 15 is 0 Å². The molecule has 0 spiro atoms. The Morgan fingerprint density at radius 2 is 0.737 bits per heavy atom. The normalized spacial score (nSPS) is 23.1. The van der Waals surface area contributed by atoms with Crippen molar-refractivity contribution in [2.45, 2.75) is 364 Å². The first-order valence-electron chi connectivity index (χ1n) is 38.3. The van der Waals surface area contributed by atoms with Gasteiger partial charge < -0.3 is 65.1 Å². The predicted octanol–water partition coefficient (Wildman–Crippen LogP) is 16.8. The third-order valence-electron chi connectivity index (χ3n) is 17.9. The first-order valence-corrected chi connectivity index (χ1v) is 38.3. The summed E-state index contributed by atoms with van der Waals surface area (Å²) in [7, 11) is 0. The number of hydrogen-bond donors (Lipinski definition) is 9. The van der Waals surface area contributed by atoms with Crippen LogP contribution in [0.3, 0.4) is 0 Å². The topological polar surface area (TPSA) is 228 Å². The molecule has 0 aromatic carbocycles. The fourth-order valence-electron chi connectivity index (χ4n) is 11.8. The van der Waals surface area contributed by atoms with Crippen LogP contribution in [0.15, 0.2) is 122 Å². The number of rotatable bonds is 62. The van der Waals surface area contributed by atoms with E-state index in [1.807, 2.05) is 6.08 Å². The minimum atomic E-state index is -1.80. The molecule has 14 heteroatoms. The highest BCUT2D eigenvalue weighted by Crippen LogP contribution is 2.30. The number of aliphatic hydroxyl groups excluding tert-OH is 8. The van der Waals surface area contributed by atoms with Gasteiger partial charge in [0.25, 0.3) is 0 Å². The molecular formula is C81H139NO13. The summed E-state index contributed by atoms with van der Waals surface area (Å²) >= 11 is 0. The third-order valence-corrected chi connectivity index (χ3v) is 17.9. The van der Waals surface area contributed by atoms with Crippen molar-refractivity contribution >= 4 is 5.91 Å². The van der Waals surface area contributed by atoms with E-state index in [9.17, 15) is 45.6 Å². The van der Waals surface area contributed by atoms with Crippen LogP contribution in [0, 0.1) is 0 Å². The first kappa shape index (κ1) is 87.5. The summed E-state index contributed by atoms with van der Waals surface area (Å²) in [5.41, 5.74) is 0. The number of ether oxygens (including phenoxy) is 4. The van der Waals surface area contributed by atoms with Crippen molar-refractivity contribution in [1.82, 2.24) is 5.32 Å². The molecule has 546 valence electrons. The van der Waals surface area contributed by atoms with Gasteiger partial charge in [-0.2, -0.15) is 0 Å². The highest BCUT2D eigenvalue weighted by molar-refractivity contribution is 5.76. The SMILES string of the molecule is CC/C=C\C/C=C\C/C=C\C/C=C\C/C=C\C/C=C\C/C=C\CCCCCCCCCCCCCCCC(=O)NC(COC1OC(CO)C(OC2OC(CO)C(O)C(O)C2O)C(O)C1O)C(O)/C=C/CC/C=C/CC/C=C/CCCCCCCCCCCCCCCCCC. The van der Waals surface area contributed by atoms with Gasteiger partial charge in [-0.3, -0.25) is 4.79 Å². The maximum absolute atomic E-state index is 13.4. The van der Waals surface area contributed by atoms with Gasteiger partial charge in [0.05, 0.1) is 32.0 Å². The number of nitrogens with one attached hydrogen (secondary N) is 1. The van der Waals surface area contributed by atoms with Crippen molar-refractivity contribution in [3.05, 3.63) is 122 Å². The minimum Gasteiger partial charge on any atom is -0.394 e. The van der Waals surface area contributed by atoms with Crippen LogP contribution < -0.4 is 5.32 Å². The second-order valence-corrected chi connectivity index (χ2v) is 26.4. The van der Waals surface area contributed by atoms with Gasteiger partial charge in [-0.1, -0.05) is 302 Å². The summed E-state index contributed by atoms with van der Waals surface area (Å²) in [6, 6.07) is -0.948. The van der Waals surface area contributed by atoms with Crippen molar-refractivity contribution in [2.24, 2.45) is 0 Å². The molecule has 14 nitrogen and oxygen atoms in total. The van der Waals surface area contributed by atoms with E-state index in [1.54, 1.807) is 6.08 Å². The number of amides is 1. The predicted molar refractivity (Wildman–Crippen MR) is 392 cm³/mol. The van der Waals surface area contributed by atoms with E-state index in [0.29, 0.717) is 12.8 Å². The van der Waals surface area contributed by atoms with Gasteiger partial charge >= 0.3 is 0 Å². The van der Waals surface area contributed by atoms with Gasteiger partial charge in [0.1, 0.15) is 48.8 Å². The molecule has 0 bridgehead atoms. The Morgan fingerprint density at radius 1 is 0.389 bits per heavy atom. The van der Waals surface area contributed by atoms with Gasteiger partial charge in [0, 0.05) is 6.42 Å². The van der Waals surface area contributed by atoms with Gasteiger partial charge in [-0.25, -0.2) is 0 Å². The smallest absolute Gasteiger partial charge is 0.220 e. The number of carbonyl (C=O) groups is 1. The molecule has 0 saturated carbocycles. The minimum absolute atomic E-state index is 0.257. The molecular weight excluding hydrogens is 1190 g/mol. The van der Waals surface area contributed by atoms with Crippen LogP contribution in [0.2, 0.25) is 0 Å². The molecule has 2 saturated heterocycles. The standard InChI is InChI=1S/C81H139NO13/c1-3-5-7-9-11-13-15-17-19-21-23-25-27-29-31-32-33-34-35-36-37-38-39-41-43-45-47-49-51-53-55-57-59-61-63-65-73(86)82-69(68-92-80-78(91)76(89)79(72(67-84)94-80)95-81-77(90)75(88)74(87)71(66-83)93-81)70(85)64-62-60-58-56-54-52-50-48-46-44-42-40-30-28-26-24-22-20-18-16-14-12-10-8-6-4-2/h5,7,11,13,17,19,23,25,29,31,33-34,36-37,46,48,54,56,62,64,69-72,74-81,83-85,87-91H,3-4,6,8-10,12,14-16,18,20-22,24,26-28,30,32,35,38-45,47,49-53,55,57-61,63,65-68H2,1-2H3,(H,82,86)/b7-5-,13-11-,19-17-,25-23-,31-29-,34-33-,37-36-,48-46+,56-54+,64-62+. The van der Waals surface area contributed by atoms with Crippen LogP contribution >= 0.6 is 0 Å². The Labute approximate surface area is 578 Å². The van der Waals surface area contributed by atoms with Gasteiger partial charge in [-0.15, -0.1) is 0 Å². The van der Waals surface area contributed by atoms with Crippen LogP contribution in [0.5, 0.6) is 0 Å². The summed E-state index contributed by atoms with van der Waals surface area (Å²) in [6.07, 6.45) is 76.9. The second-order valence-electron chi connectivity index (χ2n) is 26.4. The maximum Gasteiger partial charge on any atom is 0.220 e. The summed E-state index contributed by atoms with van der Waals surface area (Å²) in [4.78, 5) is 13.4. The molecule has 2 aliphatic heterocycles. The number of aliphatic hydroxyl groups is 8. The van der Waals surface area contributed by atoms with E-state index in [2.05, 4.69) is 129 Å². The highest BCUT2D eigenvalue weighted by atomic mass is 16.7. The number of carbonyl (C=O) groups excluding carboxylic acids is 1. The zero-order chi connectivity index (χ0) is 68.7. The fourth-order valence-corrected chi connectivity index (χ4v) is 11.8. The van der Waals surface area contributed by atoms with Crippen molar-refractivity contribution in [3.8, 4) is 0 Å². The lowest BCUT2D eigenvalue weighted by atomic mass is 9.97. The summed E-state index contributed by atoms with van der Waals surface area (Å²) in [5, 5.41) is 87.6. The molecule has 2 heterocycles. The average Bonchev–Trinajstić information content (AvgIpc) is 0.800. The Hall–Kier alpha value is -3.61. The van der Waals surface area contributed by atoms with Crippen LogP contribution in [0.4, 0.5) is 0 Å². The maximum atomic E-state index is 13.4. The van der Waals surface area contributed by atoms with Gasteiger partial charge in [0.15, 0.2) is 12.6 Å². The lowest BCUT2D eigenvalue weighted by Crippen LogP contribution is -2.65. The number of hydrogen-bond acceptors (Lipinski definition) is 13. The quantitative estimate of drug-likeness (QED) is 0.0204. The zero-order valence-electron chi connectivity index (χ0n) is 59.6. The van der Waals surface area contributed by atoms with E-state index < -0.39 is 86.8 Å². The third kappa shape index (κ3) is 47.1. The Morgan fingerprint density at radius 3 is 1.16 bits per heavy atom. The van der Waals surface area contributed by atoms with Gasteiger partial charge in [0.2, 0.25) is 5.91 Å². The van der Waals surface area contributed by atoms with E-state index in [0.717, 1.165) is 96.3 Å². The molecule has 2 aliphatic rings. The van der Waals surface area contributed by atoms with E-state index in [-0.39, 0.29) is 18.9 Å². The molecule has 0 radical (unpaired) electrons. The lowest BCUT2D eigenvalue weighted by molar-refractivity contribution is -0.359. The van der Waals surface area contributed by atoms with E-state index in [4.69, 9.17) is 18.9 Å². The second kappa shape index (κ2) is 63.8. The van der Waals surface area contributed by atoms with E-state index in [1.165, 1.54) is 161 Å². The summed E-state index contributed by atoms with van der Waals surface area (Å²) < 4.78 is 22.9.